The fourth-order valence-electron chi connectivity index (χ4n) is 2.95. The fourth-order valence-corrected chi connectivity index (χ4v) is 4.14. The highest BCUT2D eigenvalue weighted by molar-refractivity contribution is 7.45. The molecule has 12 nitrogen and oxygen atoms in total. The Morgan fingerprint density at radius 1 is 1.22 bits per heavy atom. The van der Waals surface area contributed by atoms with E-state index in [1.165, 1.54) is 7.11 Å². The number of carbonyl (C=O) groups is 1. The summed E-state index contributed by atoms with van der Waals surface area (Å²) in [7, 11) is -0.853. The molecule has 0 radical (unpaired) electrons. The van der Waals surface area contributed by atoms with Gasteiger partial charge in [-0.2, -0.15) is 0 Å². The second-order valence-electron chi connectivity index (χ2n) is 8.00. The van der Waals surface area contributed by atoms with Gasteiger partial charge in [0.1, 0.15) is 30.7 Å². The monoisotopic (exact) mass is 531 g/mol. The Labute approximate surface area is 207 Å². The van der Waals surface area contributed by atoms with Crippen LogP contribution in [0.1, 0.15) is 20.8 Å². The molecule has 0 aliphatic rings. The third kappa shape index (κ3) is 7.92. The molecule has 36 heavy (non-hydrogen) atoms. The maximum atomic E-state index is 14.0. The van der Waals surface area contributed by atoms with Gasteiger partial charge in [-0.05, 0) is 32.9 Å². The van der Waals surface area contributed by atoms with E-state index in [2.05, 4.69) is 5.09 Å². The SMILES string of the molecule is COC(CO[P@@](NC(C)C(=O)OC(C)C)Oc1ccccc1)[C@H](O)C(O)(CF)n1ccc(=O)[nH]c1=O. The van der Waals surface area contributed by atoms with Crippen LogP contribution in [0.5, 0.6) is 5.75 Å². The van der Waals surface area contributed by atoms with E-state index in [0.717, 1.165) is 12.3 Å². The number of carbonyl (C=O) groups excluding carboxylic acids is 1. The number of hydrogen-bond acceptors (Lipinski definition) is 10. The molecular weight excluding hydrogens is 500 g/mol. The minimum atomic E-state index is -2.78. The highest BCUT2D eigenvalue weighted by Gasteiger charge is 2.44. The van der Waals surface area contributed by atoms with E-state index in [0.29, 0.717) is 10.3 Å². The molecule has 0 fully saturated rings. The Morgan fingerprint density at radius 2 is 1.89 bits per heavy atom. The van der Waals surface area contributed by atoms with Crippen LogP contribution in [0.15, 0.2) is 52.2 Å². The van der Waals surface area contributed by atoms with Crippen LogP contribution in [0, 0.1) is 0 Å². The number of aromatic nitrogens is 2. The van der Waals surface area contributed by atoms with Gasteiger partial charge < -0.3 is 28.7 Å². The summed E-state index contributed by atoms with van der Waals surface area (Å²) < 4.78 is 36.3. The number of halogens is 1. The normalized spacial score (nSPS) is 16.6. The van der Waals surface area contributed by atoms with Crippen molar-refractivity contribution in [3.8, 4) is 5.75 Å². The van der Waals surface area contributed by atoms with E-state index in [1.807, 2.05) is 4.98 Å². The number of esters is 1. The third-order valence-corrected chi connectivity index (χ3v) is 6.22. The van der Waals surface area contributed by atoms with Gasteiger partial charge in [-0.1, -0.05) is 18.2 Å². The lowest BCUT2D eigenvalue weighted by Crippen LogP contribution is -2.58. The van der Waals surface area contributed by atoms with Crippen LogP contribution in [-0.4, -0.2) is 70.5 Å². The van der Waals surface area contributed by atoms with Gasteiger partial charge in [0, 0.05) is 19.4 Å². The van der Waals surface area contributed by atoms with Crippen molar-refractivity contribution in [1.82, 2.24) is 14.6 Å². The molecule has 0 amide bonds. The molecule has 14 heteroatoms. The number of hydrogen-bond donors (Lipinski definition) is 4. The first kappa shape index (κ1) is 29.6. The number of nitrogens with zero attached hydrogens (tertiary/aromatic N) is 1. The number of aliphatic hydroxyl groups is 2. The lowest BCUT2D eigenvalue weighted by atomic mass is 10.0. The molecule has 3 unspecified atom stereocenters. The van der Waals surface area contributed by atoms with E-state index in [9.17, 15) is 29.0 Å². The summed E-state index contributed by atoms with van der Waals surface area (Å²) in [5.74, 6) is -0.138. The number of aromatic amines is 1. The zero-order valence-corrected chi connectivity index (χ0v) is 21.2. The van der Waals surface area contributed by atoms with Crippen LogP contribution in [0.3, 0.4) is 0 Å². The maximum Gasteiger partial charge on any atom is 0.330 e. The topological polar surface area (TPSA) is 161 Å². The van der Waals surface area contributed by atoms with Crippen molar-refractivity contribution < 1.29 is 37.9 Å². The molecule has 0 saturated heterocycles. The van der Waals surface area contributed by atoms with E-state index < -0.39 is 63.0 Å². The first-order valence-electron chi connectivity index (χ1n) is 11.0. The molecule has 0 spiro atoms. The largest absolute Gasteiger partial charge is 0.462 e. The van der Waals surface area contributed by atoms with E-state index >= 15 is 0 Å². The van der Waals surface area contributed by atoms with Gasteiger partial charge in [0.15, 0.2) is 0 Å². The Kier molecular flexibility index (Phi) is 11.2. The molecular formula is C22H31FN3O9P. The molecule has 5 atom stereocenters. The van der Waals surface area contributed by atoms with Crippen LogP contribution in [-0.2, 0) is 24.5 Å². The summed E-state index contributed by atoms with van der Waals surface area (Å²) in [6.07, 6.45) is -2.87. The van der Waals surface area contributed by atoms with Gasteiger partial charge in [-0.3, -0.25) is 19.1 Å². The second-order valence-corrected chi connectivity index (χ2v) is 9.22. The van der Waals surface area contributed by atoms with Crippen molar-refractivity contribution in [3.63, 3.8) is 0 Å². The van der Waals surface area contributed by atoms with Crippen LogP contribution < -0.4 is 20.9 Å². The minimum absolute atomic E-state index is 0.341. The summed E-state index contributed by atoms with van der Waals surface area (Å²) in [4.78, 5) is 37.6. The van der Waals surface area contributed by atoms with E-state index in [1.54, 1.807) is 51.1 Å². The molecule has 1 aromatic heterocycles. The number of para-hydroxylation sites is 1. The summed E-state index contributed by atoms with van der Waals surface area (Å²) in [6, 6.07) is 8.60. The Bertz CT molecular complexity index is 1080. The van der Waals surface area contributed by atoms with Crippen molar-refractivity contribution in [3.05, 3.63) is 63.4 Å². The van der Waals surface area contributed by atoms with Crippen molar-refractivity contribution in [1.29, 1.82) is 0 Å². The van der Waals surface area contributed by atoms with Gasteiger partial charge in [0.05, 0.1) is 12.7 Å². The quantitative estimate of drug-likeness (QED) is 0.203. The molecule has 2 rings (SSSR count). The second kappa shape index (κ2) is 13.6. The number of alkyl halides is 1. The van der Waals surface area contributed by atoms with Gasteiger partial charge in [-0.25, -0.2) is 14.3 Å². The smallest absolute Gasteiger partial charge is 0.330 e. The lowest BCUT2D eigenvalue weighted by Gasteiger charge is -2.35. The van der Waals surface area contributed by atoms with Crippen LogP contribution >= 0.6 is 8.53 Å². The average molecular weight is 531 g/mol. The number of nitrogens with one attached hydrogen (secondary N) is 2. The minimum Gasteiger partial charge on any atom is -0.462 e. The third-order valence-electron chi connectivity index (χ3n) is 4.86. The summed E-state index contributed by atoms with van der Waals surface area (Å²) in [5.41, 5.74) is -4.68. The predicted molar refractivity (Wildman–Crippen MR) is 128 cm³/mol. The fraction of sp³-hybridized carbons (Fsp3) is 0.500. The number of aliphatic hydroxyl groups excluding tert-OH is 1. The van der Waals surface area contributed by atoms with Crippen molar-refractivity contribution >= 4 is 14.5 Å². The summed E-state index contributed by atoms with van der Waals surface area (Å²) in [6.45, 7) is 2.91. The average Bonchev–Trinajstić information content (AvgIpc) is 2.83. The van der Waals surface area contributed by atoms with Gasteiger partial charge in [0.25, 0.3) is 5.56 Å². The number of rotatable bonds is 14. The van der Waals surface area contributed by atoms with Crippen LogP contribution in [0.2, 0.25) is 0 Å². The predicted octanol–water partition coefficient (Wildman–Crippen LogP) is 0.779. The number of H-pyrrole nitrogens is 1. The Morgan fingerprint density at radius 3 is 2.44 bits per heavy atom. The zero-order valence-electron chi connectivity index (χ0n) is 20.3. The molecule has 0 bridgehead atoms. The van der Waals surface area contributed by atoms with Gasteiger partial charge in [0.2, 0.25) is 5.72 Å². The lowest BCUT2D eigenvalue weighted by molar-refractivity contribution is -0.194. The van der Waals surface area contributed by atoms with Crippen molar-refractivity contribution in [2.45, 2.75) is 50.8 Å². The van der Waals surface area contributed by atoms with Gasteiger partial charge in [-0.15, -0.1) is 0 Å². The highest BCUT2D eigenvalue weighted by atomic mass is 31.2. The highest BCUT2D eigenvalue weighted by Crippen LogP contribution is 2.37. The van der Waals surface area contributed by atoms with Crippen LogP contribution in [0.25, 0.3) is 0 Å². The molecule has 1 heterocycles. The first-order chi connectivity index (χ1) is 17.0. The number of methoxy groups -OCH3 is 1. The molecule has 0 aliphatic carbocycles. The molecule has 2 aromatic rings. The molecule has 4 N–H and O–H groups in total. The molecule has 200 valence electrons. The van der Waals surface area contributed by atoms with Gasteiger partial charge >= 0.3 is 20.2 Å². The van der Waals surface area contributed by atoms with Crippen LogP contribution in [0.4, 0.5) is 4.39 Å². The molecule has 0 aliphatic heterocycles. The zero-order chi connectivity index (χ0) is 26.9. The van der Waals surface area contributed by atoms with Crippen molar-refractivity contribution in [2.75, 3.05) is 20.4 Å². The molecule has 1 aromatic carbocycles. The van der Waals surface area contributed by atoms with E-state index in [-0.39, 0.29) is 6.10 Å². The summed E-state index contributed by atoms with van der Waals surface area (Å²) in [5, 5.41) is 24.5. The standard InChI is InChI=1S/C22H31FN3O9P/c1-14(2)34-20(29)15(3)25-36(35-16-8-6-5-7-9-16)33-12-17(32-4)19(28)22(31,13-23)26-11-10-18(27)24-21(26)30/h5-11,14-15,17,19,25,28,31H,12-13H2,1-4H3,(H,24,27,30)/t15?,17?,19-,22?,36+/m0/s1. The number of ether oxygens (including phenoxy) is 2. The maximum absolute atomic E-state index is 14.0. The first-order valence-corrected chi connectivity index (χ1v) is 12.1. The Balaban J connectivity index is 2.21. The summed E-state index contributed by atoms with van der Waals surface area (Å²) >= 11 is 0. The Hall–Kier alpha value is -2.67. The van der Waals surface area contributed by atoms with Crippen molar-refractivity contribution in [2.24, 2.45) is 0 Å². The number of benzene rings is 1. The van der Waals surface area contributed by atoms with E-state index in [4.69, 9.17) is 18.5 Å². The molecule has 0 saturated carbocycles.